The Balaban J connectivity index is 2.96. The highest BCUT2D eigenvalue weighted by atomic mass is 35.5. The highest BCUT2D eigenvalue weighted by Gasteiger charge is 2.22. The first-order chi connectivity index (χ1) is 8.23. The van der Waals surface area contributed by atoms with Gasteiger partial charge in [0.2, 0.25) is 0 Å². The Morgan fingerprint density at radius 2 is 1.78 bits per heavy atom. The summed E-state index contributed by atoms with van der Waals surface area (Å²) in [6.07, 6.45) is 0. The van der Waals surface area contributed by atoms with Crippen LogP contribution in [0.25, 0.3) is 0 Å². The lowest BCUT2D eigenvalue weighted by Crippen LogP contribution is -2.42. The molecule has 0 fully saturated rings. The molecule has 0 bridgehead atoms. The number of likely N-dealkylation sites (N-methyl/N-ethyl adjacent to an activating group) is 1. The smallest absolute Gasteiger partial charge is 0.254 e. The lowest BCUT2D eigenvalue weighted by molar-refractivity contribution is 0.0314. The van der Waals surface area contributed by atoms with Crippen molar-refractivity contribution < 1.29 is 9.90 Å². The van der Waals surface area contributed by atoms with Crippen molar-refractivity contribution in [3.63, 3.8) is 0 Å². The van der Waals surface area contributed by atoms with Crippen LogP contribution in [0.4, 0.5) is 0 Å². The van der Waals surface area contributed by atoms with E-state index in [9.17, 15) is 9.90 Å². The molecule has 0 atom stereocenters. The van der Waals surface area contributed by atoms with Crippen molar-refractivity contribution in [2.75, 3.05) is 13.1 Å². The Morgan fingerprint density at radius 3 is 2.17 bits per heavy atom. The number of amides is 1. The normalized spacial score (nSPS) is 11.4. The summed E-state index contributed by atoms with van der Waals surface area (Å²) in [4.78, 5) is 13.8. The molecule has 0 aliphatic carbocycles. The van der Waals surface area contributed by atoms with Crippen LogP contribution in [0.1, 0.15) is 31.1 Å². The molecule has 0 aliphatic heterocycles. The maximum Gasteiger partial charge on any atom is 0.254 e. The third-order valence-electron chi connectivity index (χ3n) is 2.36. The van der Waals surface area contributed by atoms with Gasteiger partial charge in [-0.05, 0) is 39.0 Å². The quantitative estimate of drug-likeness (QED) is 0.925. The van der Waals surface area contributed by atoms with E-state index >= 15 is 0 Å². The largest absolute Gasteiger partial charge is 0.389 e. The predicted molar refractivity (Wildman–Crippen MR) is 74.3 cm³/mol. The Hall–Kier alpha value is -0.770. The van der Waals surface area contributed by atoms with Gasteiger partial charge in [-0.15, -0.1) is 0 Å². The average Bonchev–Trinajstić information content (AvgIpc) is 2.22. The average molecular weight is 290 g/mol. The van der Waals surface area contributed by atoms with Gasteiger partial charge >= 0.3 is 0 Å². The number of carbonyl (C=O) groups excluding carboxylic acids is 1. The van der Waals surface area contributed by atoms with Crippen LogP contribution in [0.3, 0.4) is 0 Å². The molecular weight excluding hydrogens is 273 g/mol. The second-order valence-electron chi connectivity index (χ2n) is 4.79. The van der Waals surface area contributed by atoms with Crippen LogP contribution in [0.2, 0.25) is 10.0 Å². The fourth-order valence-electron chi connectivity index (χ4n) is 1.65. The summed E-state index contributed by atoms with van der Waals surface area (Å²) >= 11 is 11.7. The zero-order valence-corrected chi connectivity index (χ0v) is 12.2. The van der Waals surface area contributed by atoms with E-state index in [1.165, 1.54) is 0 Å². The van der Waals surface area contributed by atoms with Gasteiger partial charge in [0.25, 0.3) is 5.91 Å². The Kier molecular flexibility index (Phi) is 5.02. The van der Waals surface area contributed by atoms with Crippen LogP contribution in [-0.2, 0) is 0 Å². The molecule has 0 saturated heterocycles. The Bertz CT molecular complexity index is 421. The van der Waals surface area contributed by atoms with Gasteiger partial charge in [0.15, 0.2) is 0 Å². The minimum atomic E-state index is -0.936. The second kappa shape index (κ2) is 5.91. The summed E-state index contributed by atoms with van der Waals surface area (Å²) in [6, 6.07) is 4.72. The molecule has 100 valence electrons. The lowest BCUT2D eigenvalue weighted by atomic mass is 10.1. The van der Waals surface area contributed by atoms with E-state index in [0.717, 1.165) is 0 Å². The SMILES string of the molecule is CCN(CC(C)(C)O)C(=O)c1cc(Cl)cc(Cl)c1. The molecular formula is C13H17Cl2NO2. The van der Waals surface area contributed by atoms with Crippen LogP contribution < -0.4 is 0 Å². The first-order valence-electron chi connectivity index (χ1n) is 5.70. The second-order valence-corrected chi connectivity index (χ2v) is 5.66. The number of rotatable bonds is 4. The minimum Gasteiger partial charge on any atom is -0.389 e. The monoisotopic (exact) mass is 289 g/mol. The van der Waals surface area contributed by atoms with E-state index in [2.05, 4.69) is 0 Å². The van der Waals surface area contributed by atoms with E-state index < -0.39 is 5.60 Å². The first kappa shape index (κ1) is 15.3. The zero-order chi connectivity index (χ0) is 13.9. The molecule has 18 heavy (non-hydrogen) atoms. The molecule has 0 aliphatic rings. The number of hydrogen-bond donors (Lipinski definition) is 1. The van der Waals surface area contributed by atoms with E-state index in [1.54, 1.807) is 36.9 Å². The molecule has 0 saturated carbocycles. The number of carbonyl (C=O) groups is 1. The van der Waals surface area contributed by atoms with Gasteiger partial charge in [0.05, 0.1) is 5.60 Å². The van der Waals surface area contributed by atoms with Crippen molar-refractivity contribution in [3.05, 3.63) is 33.8 Å². The number of aliphatic hydroxyl groups is 1. The van der Waals surface area contributed by atoms with Crippen molar-refractivity contribution in [2.24, 2.45) is 0 Å². The predicted octanol–water partition coefficient (Wildman–Crippen LogP) is 3.23. The highest BCUT2D eigenvalue weighted by molar-refractivity contribution is 6.35. The summed E-state index contributed by atoms with van der Waals surface area (Å²) in [5.41, 5.74) is -0.507. The standard InChI is InChI=1S/C13H17Cl2NO2/c1-4-16(8-13(2,3)18)12(17)9-5-10(14)7-11(15)6-9/h5-7,18H,4,8H2,1-3H3. The van der Waals surface area contributed by atoms with Gasteiger partial charge < -0.3 is 10.0 Å². The molecule has 0 heterocycles. The molecule has 0 unspecified atom stereocenters. The third-order valence-corrected chi connectivity index (χ3v) is 2.79. The number of hydrogen-bond acceptors (Lipinski definition) is 2. The maximum absolute atomic E-state index is 12.3. The summed E-state index contributed by atoms with van der Waals surface area (Å²) in [5.74, 6) is -0.191. The molecule has 3 nitrogen and oxygen atoms in total. The molecule has 5 heteroatoms. The highest BCUT2D eigenvalue weighted by Crippen LogP contribution is 2.20. The maximum atomic E-state index is 12.3. The van der Waals surface area contributed by atoms with Crippen LogP contribution in [-0.4, -0.2) is 34.6 Å². The van der Waals surface area contributed by atoms with Crippen LogP contribution >= 0.6 is 23.2 Å². The van der Waals surface area contributed by atoms with Gasteiger partial charge in [-0.25, -0.2) is 0 Å². The molecule has 1 rings (SSSR count). The van der Waals surface area contributed by atoms with E-state index in [1.807, 2.05) is 6.92 Å². The van der Waals surface area contributed by atoms with Gasteiger partial charge in [0, 0.05) is 28.7 Å². The van der Waals surface area contributed by atoms with E-state index in [0.29, 0.717) is 22.2 Å². The van der Waals surface area contributed by atoms with E-state index in [-0.39, 0.29) is 12.5 Å². The molecule has 0 spiro atoms. The van der Waals surface area contributed by atoms with Crippen LogP contribution in [0.5, 0.6) is 0 Å². The fraction of sp³-hybridized carbons (Fsp3) is 0.462. The first-order valence-corrected chi connectivity index (χ1v) is 6.46. The number of benzene rings is 1. The van der Waals surface area contributed by atoms with Crippen molar-refractivity contribution in [2.45, 2.75) is 26.4 Å². The molecule has 1 aromatic carbocycles. The third kappa shape index (κ3) is 4.48. The van der Waals surface area contributed by atoms with Crippen molar-refractivity contribution in [1.82, 2.24) is 4.90 Å². The van der Waals surface area contributed by atoms with Crippen molar-refractivity contribution in [1.29, 1.82) is 0 Å². The van der Waals surface area contributed by atoms with Gasteiger partial charge in [0.1, 0.15) is 0 Å². The number of halogens is 2. The summed E-state index contributed by atoms with van der Waals surface area (Å²) < 4.78 is 0. The summed E-state index contributed by atoms with van der Waals surface area (Å²) in [6.45, 7) is 5.94. The van der Waals surface area contributed by atoms with Crippen LogP contribution in [0.15, 0.2) is 18.2 Å². The summed E-state index contributed by atoms with van der Waals surface area (Å²) in [7, 11) is 0. The fourth-order valence-corrected chi connectivity index (χ4v) is 2.18. The summed E-state index contributed by atoms with van der Waals surface area (Å²) in [5, 5.41) is 10.6. The van der Waals surface area contributed by atoms with Crippen molar-refractivity contribution >= 4 is 29.1 Å². The Morgan fingerprint density at radius 1 is 1.28 bits per heavy atom. The zero-order valence-electron chi connectivity index (χ0n) is 10.7. The molecule has 0 radical (unpaired) electrons. The lowest BCUT2D eigenvalue weighted by Gasteiger charge is -2.28. The molecule has 1 amide bonds. The minimum absolute atomic E-state index is 0.191. The van der Waals surface area contributed by atoms with Crippen molar-refractivity contribution in [3.8, 4) is 0 Å². The van der Waals surface area contributed by atoms with Crippen LogP contribution in [0, 0.1) is 0 Å². The molecule has 0 aromatic heterocycles. The van der Waals surface area contributed by atoms with Gasteiger partial charge in [-0.3, -0.25) is 4.79 Å². The molecule has 1 aromatic rings. The van der Waals surface area contributed by atoms with E-state index in [4.69, 9.17) is 23.2 Å². The molecule has 1 N–H and O–H groups in total. The number of nitrogens with zero attached hydrogens (tertiary/aromatic N) is 1. The van der Waals surface area contributed by atoms with Gasteiger partial charge in [-0.2, -0.15) is 0 Å². The topological polar surface area (TPSA) is 40.5 Å². The Labute approximate surface area is 117 Å². The van der Waals surface area contributed by atoms with Gasteiger partial charge in [-0.1, -0.05) is 23.2 Å².